The maximum absolute atomic E-state index is 13.0. The highest BCUT2D eigenvalue weighted by atomic mass is 16.3. The number of hydrogen-bond donors (Lipinski definition) is 6. The molecular formula is C29H52N4O6. The maximum atomic E-state index is 13.0. The van der Waals surface area contributed by atoms with Gasteiger partial charge in [-0.2, -0.15) is 0 Å². The second-order valence-electron chi connectivity index (χ2n) is 10.8. The largest absolute Gasteiger partial charge is 0.393 e. The molecule has 0 saturated heterocycles. The molecular weight excluding hydrogens is 500 g/mol. The zero-order chi connectivity index (χ0) is 29.0. The Kier molecular flexibility index (Phi) is 18.1. The fourth-order valence-corrected chi connectivity index (χ4v) is 4.51. The number of aliphatic hydroxyl groups excluding tert-OH is 2. The first-order valence-corrected chi connectivity index (χ1v) is 14.9. The van der Waals surface area contributed by atoms with Crippen LogP contribution in [0.2, 0.25) is 0 Å². The topological polar surface area (TPSA) is 157 Å². The third-order valence-corrected chi connectivity index (χ3v) is 6.91. The van der Waals surface area contributed by atoms with Crippen molar-refractivity contribution in [3.05, 3.63) is 12.2 Å². The number of rotatable bonds is 16. The van der Waals surface area contributed by atoms with Gasteiger partial charge in [0, 0.05) is 31.5 Å². The minimum Gasteiger partial charge on any atom is -0.393 e. The van der Waals surface area contributed by atoms with Gasteiger partial charge < -0.3 is 31.5 Å². The van der Waals surface area contributed by atoms with Crippen LogP contribution in [0.3, 0.4) is 0 Å². The predicted octanol–water partition coefficient (Wildman–Crippen LogP) is 2.37. The molecule has 10 nitrogen and oxygen atoms in total. The third kappa shape index (κ3) is 16.3. The Bertz CT molecular complexity index is 773. The monoisotopic (exact) mass is 552 g/mol. The summed E-state index contributed by atoms with van der Waals surface area (Å²) in [6.45, 7) is 5.51. The number of nitrogens with one attached hydrogen (secondary N) is 4. The van der Waals surface area contributed by atoms with Crippen LogP contribution in [0.25, 0.3) is 0 Å². The first kappa shape index (κ1) is 34.6. The number of hydrogen-bond acceptors (Lipinski definition) is 6. The minimum absolute atomic E-state index is 0.0803. The van der Waals surface area contributed by atoms with Crippen molar-refractivity contribution in [2.45, 2.75) is 141 Å². The van der Waals surface area contributed by atoms with Crippen LogP contribution in [0.1, 0.15) is 111 Å². The average Bonchev–Trinajstić information content (AvgIpc) is 2.88. The molecule has 0 fully saturated rings. The lowest BCUT2D eigenvalue weighted by Crippen LogP contribution is -2.58. The Hall–Kier alpha value is -2.46. The molecule has 0 radical (unpaired) electrons. The summed E-state index contributed by atoms with van der Waals surface area (Å²) in [6.07, 6.45) is 13.9. The van der Waals surface area contributed by atoms with Crippen molar-refractivity contribution in [3.63, 3.8) is 0 Å². The molecule has 1 rings (SSSR count). The molecule has 0 spiro atoms. The van der Waals surface area contributed by atoms with Crippen LogP contribution in [0.5, 0.6) is 0 Å². The van der Waals surface area contributed by atoms with Crippen molar-refractivity contribution in [1.29, 1.82) is 0 Å². The molecule has 0 aromatic carbocycles. The molecule has 0 unspecified atom stereocenters. The molecule has 0 aromatic heterocycles. The molecule has 0 aliphatic carbocycles. The third-order valence-electron chi connectivity index (χ3n) is 6.91. The highest BCUT2D eigenvalue weighted by Crippen LogP contribution is 2.12. The summed E-state index contributed by atoms with van der Waals surface area (Å²) >= 11 is 0. The van der Waals surface area contributed by atoms with Crippen molar-refractivity contribution in [2.24, 2.45) is 0 Å². The van der Waals surface area contributed by atoms with Gasteiger partial charge in [0.15, 0.2) is 0 Å². The van der Waals surface area contributed by atoms with Crippen LogP contribution >= 0.6 is 0 Å². The quantitative estimate of drug-likeness (QED) is 0.161. The second kappa shape index (κ2) is 20.4. The van der Waals surface area contributed by atoms with E-state index in [1.54, 1.807) is 6.92 Å². The number of amides is 4. The first-order chi connectivity index (χ1) is 18.6. The minimum atomic E-state index is -1.23. The van der Waals surface area contributed by atoms with Crippen LogP contribution in [0.15, 0.2) is 12.2 Å². The van der Waals surface area contributed by atoms with Gasteiger partial charge in [-0.25, -0.2) is 0 Å². The average molecular weight is 553 g/mol. The van der Waals surface area contributed by atoms with Crippen LogP contribution in [-0.4, -0.2) is 70.7 Å². The zero-order valence-corrected chi connectivity index (χ0v) is 24.2. The van der Waals surface area contributed by atoms with E-state index in [9.17, 15) is 29.4 Å². The molecule has 1 aliphatic heterocycles. The fourth-order valence-electron chi connectivity index (χ4n) is 4.51. The van der Waals surface area contributed by atoms with Gasteiger partial charge >= 0.3 is 0 Å². The van der Waals surface area contributed by atoms with E-state index >= 15 is 0 Å². The Labute approximate surface area is 234 Å². The maximum Gasteiger partial charge on any atom is 0.245 e. The summed E-state index contributed by atoms with van der Waals surface area (Å²) in [7, 11) is 0. The molecule has 1 heterocycles. The summed E-state index contributed by atoms with van der Waals surface area (Å²) in [5.74, 6) is -1.88. The van der Waals surface area contributed by atoms with Gasteiger partial charge in [-0.15, -0.1) is 0 Å². The Morgan fingerprint density at radius 3 is 2.21 bits per heavy atom. The first-order valence-electron chi connectivity index (χ1n) is 14.9. The van der Waals surface area contributed by atoms with Crippen LogP contribution < -0.4 is 21.3 Å². The van der Waals surface area contributed by atoms with Gasteiger partial charge in [0.2, 0.25) is 23.6 Å². The van der Waals surface area contributed by atoms with Crippen LogP contribution in [-0.2, 0) is 19.2 Å². The summed E-state index contributed by atoms with van der Waals surface area (Å²) in [6, 6.07) is -2.80. The molecule has 0 saturated carbocycles. The SMILES string of the molecule is CCCCCCCCCCCCCC(=O)N[C@H](C(=O)N[C@H]1C[C@@H](O)CCNC(=O)/C=C\[C@H](C)NC1=O)[C@@H](C)O. The van der Waals surface area contributed by atoms with E-state index < -0.39 is 42.1 Å². The van der Waals surface area contributed by atoms with E-state index in [-0.39, 0.29) is 37.6 Å². The van der Waals surface area contributed by atoms with Gasteiger partial charge in [0.05, 0.1) is 12.2 Å². The Morgan fingerprint density at radius 1 is 1.03 bits per heavy atom. The van der Waals surface area contributed by atoms with Gasteiger partial charge in [0.1, 0.15) is 12.1 Å². The highest BCUT2D eigenvalue weighted by molar-refractivity contribution is 5.92. The Balaban J connectivity index is 2.52. The summed E-state index contributed by atoms with van der Waals surface area (Å²) in [4.78, 5) is 50.0. The molecule has 4 amide bonds. The van der Waals surface area contributed by atoms with Crippen LogP contribution in [0, 0.1) is 0 Å². The summed E-state index contributed by atoms with van der Waals surface area (Å²) in [5, 5.41) is 31.0. The van der Waals surface area contributed by atoms with Crippen molar-refractivity contribution < 1.29 is 29.4 Å². The second-order valence-corrected chi connectivity index (χ2v) is 10.8. The number of aliphatic hydroxyl groups is 2. The van der Waals surface area contributed by atoms with E-state index in [1.165, 1.54) is 64.0 Å². The number of carbonyl (C=O) groups excluding carboxylic acids is 4. The molecule has 224 valence electrons. The lowest BCUT2D eigenvalue weighted by Gasteiger charge is -2.27. The van der Waals surface area contributed by atoms with Gasteiger partial charge in [-0.1, -0.05) is 77.2 Å². The number of carbonyl (C=O) groups is 4. The van der Waals surface area contributed by atoms with Gasteiger partial charge in [-0.3, -0.25) is 19.2 Å². The number of unbranched alkanes of at least 4 members (excludes halogenated alkanes) is 10. The molecule has 1 aliphatic rings. The normalized spacial score (nSPS) is 22.8. The van der Waals surface area contributed by atoms with E-state index in [2.05, 4.69) is 28.2 Å². The zero-order valence-electron chi connectivity index (χ0n) is 24.2. The molecule has 39 heavy (non-hydrogen) atoms. The summed E-state index contributed by atoms with van der Waals surface area (Å²) < 4.78 is 0. The van der Waals surface area contributed by atoms with Crippen LogP contribution in [0.4, 0.5) is 0 Å². The molecule has 0 aromatic rings. The molecule has 6 N–H and O–H groups in total. The smallest absolute Gasteiger partial charge is 0.245 e. The van der Waals surface area contributed by atoms with E-state index in [4.69, 9.17) is 0 Å². The fraction of sp³-hybridized carbons (Fsp3) is 0.793. The van der Waals surface area contributed by atoms with Gasteiger partial charge in [0.25, 0.3) is 0 Å². The predicted molar refractivity (Wildman–Crippen MR) is 152 cm³/mol. The highest BCUT2D eigenvalue weighted by Gasteiger charge is 2.31. The van der Waals surface area contributed by atoms with Crippen molar-refractivity contribution in [1.82, 2.24) is 21.3 Å². The lowest BCUT2D eigenvalue weighted by atomic mass is 10.0. The van der Waals surface area contributed by atoms with Crippen molar-refractivity contribution in [2.75, 3.05) is 6.54 Å². The van der Waals surface area contributed by atoms with Crippen molar-refractivity contribution in [3.8, 4) is 0 Å². The molecule has 10 heteroatoms. The van der Waals surface area contributed by atoms with Crippen molar-refractivity contribution >= 4 is 23.6 Å². The standard InChI is InChI=1S/C29H52N4O6/c1-4-5-6-7-8-9-10-11-12-13-14-15-26(37)33-27(22(3)34)29(39)32-24-20-23(35)18-19-30-25(36)17-16-21(2)31-28(24)38/h16-17,21-24,27,34-35H,4-15,18-20H2,1-3H3,(H,30,36)(H,31,38)(H,32,39)(H,33,37)/b17-16-/t21-,22+,23-,24-,27-/m0/s1. The molecule has 0 bridgehead atoms. The van der Waals surface area contributed by atoms with E-state index in [0.717, 1.165) is 19.3 Å². The lowest BCUT2D eigenvalue weighted by molar-refractivity contribution is -0.134. The van der Waals surface area contributed by atoms with Gasteiger partial charge in [-0.05, 0) is 26.7 Å². The Morgan fingerprint density at radius 2 is 1.62 bits per heavy atom. The van der Waals surface area contributed by atoms with E-state index in [0.29, 0.717) is 6.42 Å². The van der Waals surface area contributed by atoms with E-state index in [1.807, 2.05) is 0 Å². The summed E-state index contributed by atoms with van der Waals surface area (Å²) in [5.41, 5.74) is 0. The molecule has 5 atom stereocenters.